The summed E-state index contributed by atoms with van der Waals surface area (Å²) in [6.45, 7) is 0.574. The van der Waals surface area contributed by atoms with Crippen LogP contribution in [0.15, 0.2) is 41.6 Å². The number of hydrogen-bond donors (Lipinski definition) is 1. The van der Waals surface area contributed by atoms with Gasteiger partial charge in [0, 0.05) is 25.1 Å². The second-order valence-corrected chi connectivity index (χ2v) is 4.64. The summed E-state index contributed by atoms with van der Waals surface area (Å²) in [4.78, 5) is 22.7. The number of fused-ring (bicyclic) bond motifs is 1. The number of aryl methyl sites for hydroxylation is 2. The Hall–Kier alpha value is -2.14. The number of pyridine rings is 2. The Morgan fingerprint density at radius 2 is 2.11 bits per heavy atom. The molecule has 0 aromatic carbocycles. The first-order valence-electron chi connectivity index (χ1n) is 5.87. The van der Waals surface area contributed by atoms with E-state index in [9.17, 15) is 4.79 Å². The minimum atomic E-state index is -0.168. The summed E-state index contributed by atoms with van der Waals surface area (Å²) in [6, 6.07) is 5.62. The fraction of sp³-hybridized carbons (Fsp3) is 0.154. The highest BCUT2D eigenvalue weighted by Gasteiger charge is 2.08. The van der Waals surface area contributed by atoms with Gasteiger partial charge in [-0.05, 0) is 30.2 Å². The third-order valence-electron chi connectivity index (χ3n) is 2.97. The SMILES string of the molecule is O=c1[nH]c2ncc(Cl)cc2n1CCc1ccncc1. The van der Waals surface area contributed by atoms with Gasteiger partial charge in [-0.3, -0.25) is 14.5 Å². The highest BCUT2D eigenvalue weighted by Crippen LogP contribution is 2.14. The molecule has 0 radical (unpaired) electrons. The first-order chi connectivity index (χ1) is 9.24. The van der Waals surface area contributed by atoms with Gasteiger partial charge in [-0.25, -0.2) is 9.78 Å². The average molecular weight is 275 g/mol. The summed E-state index contributed by atoms with van der Waals surface area (Å²) in [7, 11) is 0. The minimum absolute atomic E-state index is 0.168. The number of H-pyrrole nitrogens is 1. The Kier molecular flexibility index (Phi) is 3.05. The molecule has 3 aromatic rings. The molecular weight excluding hydrogens is 264 g/mol. The number of rotatable bonds is 3. The monoisotopic (exact) mass is 274 g/mol. The number of hydrogen-bond acceptors (Lipinski definition) is 3. The van der Waals surface area contributed by atoms with E-state index in [1.165, 1.54) is 6.20 Å². The second kappa shape index (κ2) is 4.85. The Labute approximate surface area is 113 Å². The minimum Gasteiger partial charge on any atom is -0.290 e. The Balaban J connectivity index is 1.94. The van der Waals surface area contributed by atoms with E-state index >= 15 is 0 Å². The summed E-state index contributed by atoms with van der Waals surface area (Å²) in [5, 5.41) is 0.518. The standard InChI is InChI=1S/C13H11ClN4O/c14-10-7-11-12(16-8-10)17-13(19)18(11)6-3-9-1-4-15-5-2-9/h1-2,4-5,7-8H,3,6H2,(H,16,17,19). The lowest BCUT2D eigenvalue weighted by atomic mass is 10.2. The highest BCUT2D eigenvalue weighted by atomic mass is 35.5. The smallest absolute Gasteiger partial charge is 0.290 e. The average Bonchev–Trinajstić information content (AvgIpc) is 2.73. The number of imidazole rings is 1. The molecule has 0 saturated heterocycles. The summed E-state index contributed by atoms with van der Waals surface area (Å²) < 4.78 is 1.65. The molecule has 19 heavy (non-hydrogen) atoms. The van der Waals surface area contributed by atoms with Gasteiger partial charge in [-0.1, -0.05) is 11.6 Å². The van der Waals surface area contributed by atoms with Gasteiger partial charge in [0.2, 0.25) is 0 Å². The van der Waals surface area contributed by atoms with Crippen molar-refractivity contribution in [2.75, 3.05) is 0 Å². The number of aromatic nitrogens is 4. The zero-order valence-corrected chi connectivity index (χ0v) is 10.8. The summed E-state index contributed by atoms with van der Waals surface area (Å²) in [5.41, 5.74) is 2.25. The normalized spacial score (nSPS) is 11.0. The number of aromatic amines is 1. The summed E-state index contributed by atoms with van der Waals surface area (Å²) >= 11 is 5.92. The topological polar surface area (TPSA) is 63.6 Å². The van der Waals surface area contributed by atoms with Crippen molar-refractivity contribution in [3.8, 4) is 0 Å². The first-order valence-corrected chi connectivity index (χ1v) is 6.25. The largest absolute Gasteiger partial charge is 0.327 e. The molecule has 6 heteroatoms. The van der Waals surface area contributed by atoms with E-state index in [-0.39, 0.29) is 5.69 Å². The van der Waals surface area contributed by atoms with Crippen molar-refractivity contribution in [1.82, 2.24) is 19.5 Å². The van der Waals surface area contributed by atoms with Crippen LogP contribution >= 0.6 is 11.6 Å². The van der Waals surface area contributed by atoms with Crippen LogP contribution in [-0.2, 0) is 13.0 Å². The van der Waals surface area contributed by atoms with E-state index in [0.29, 0.717) is 17.2 Å². The van der Waals surface area contributed by atoms with Crippen LogP contribution in [0.25, 0.3) is 11.2 Å². The number of nitrogens with zero attached hydrogens (tertiary/aromatic N) is 3. The van der Waals surface area contributed by atoms with Crippen molar-refractivity contribution in [3.05, 3.63) is 57.9 Å². The van der Waals surface area contributed by atoms with E-state index in [4.69, 9.17) is 11.6 Å². The van der Waals surface area contributed by atoms with Crippen LogP contribution in [0.4, 0.5) is 0 Å². The third-order valence-corrected chi connectivity index (χ3v) is 3.18. The fourth-order valence-corrected chi connectivity index (χ4v) is 2.17. The van der Waals surface area contributed by atoms with Crippen LogP contribution in [0.5, 0.6) is 0 Å². The predicted molar refractivity (Wildman–Crippen MR) is 73.3 cm³/mol. The predicted octanol–water partition coefficient (Wildman–Crippen LogP) is 2.02. The maximum atomic E-state index is 11.9. The first kappa shape index (κ1) is 11.9. The van der Waals surface area contributed by atoms with Gasteiger partial charge in [-0.2, -0.15) is 0 Å². The van der Waals surface area contributed by atoms with Crippen LogP contribution in [0, 0.1) is 0 Å². The molecule has 0 fully saturated rings. The van der Waals surface area contributed by atoms with E-state index in [0.717, 1.165) is 17.5 Å². The summed E-state index contributed by atoms with van der Waals surface area (Å²) in [6.07, 6.45) is 5.76. The van der Waals surface area contributed by atoms with Crippen molar-refractivity contribution in [3.63, 3.8) is 0 Å². The molecule has 0 bridgehead atoms. The molecule has 0 aliphatic rings. The molecule has 0 amide bonds. The maximum absolute atomic E-state index is 11.9. The third kappa shape index (κ3) is 2.37. The second-order valence-electron chi connectivity index (χ2n) is 4.21. The van der Waals surface area contributed by atoms with Crippen molar-refractivity contribution in [2.24, 2.45) is 0 Å². The van der Waals surface area contributed by atoms with E-state index < -0.39 is 0 Å². The molecule has 0 spiro atoms. The molecular formula is C13H11ClN4O. The van der Waals surface area contributed by atoms with Gasteiger partial charge >= 0.3 is 5.69 Å². The molecule has 1 N–H and O–H groups in total. The maximum Gasteiger partial charge on any atom is 0.327 e. The molecule has 96 valence electrons. The lowest BCUT2D eigenvalue weighted by Crippen LogP contribution is -2.17. The Morgan fingerprint density at radius 3 is 2.89 bits per heavy atom. The molecule has 0 aliphatic carbocycles. The fourth-order valence-electron chi connectivity index (χ4n) is 2.02. The Morgan fingerprint density at radius 1 is 1.32 bits per heavy atom. The van der Waals surface area contributed by atoms with Crippen LogP contribution in [0.1, 0.15) is 5.56 Å². The van der Waals surface area contributed by atoms with Crippen LogP contribution in [0.2, 0.25) is 5.02 Å². The van der Waals surface area contributed by atoms with Gasteiger partial charge < -0.3 is 0 Å². The molecule has 3 heterocycles. The zero-order chi connectivity index (χ0) is 13.2. The van der Waals surface area contributed by atoms with Crippen LogP contribution in [-0.4, -0.2) is 19.5 Å². The molecule has 0 atom stereocenters. The van der Waals surface area contributed by atoms with Gasteiger partial charge in [0.05, 0.1) is 10.5 Å². The number of halogens is 1. The number of nitrogens with one attached hydrogen (secondary N) is 1. The van der Waals surface area contributed by atoms with Crippen molar-refractivity contribution in [2.45, 2.75) is 13.0 Å². The van der Waals surface area contributed by atoms with Gasteiger partial charge in [0.15, 0.2) is 5.65 Å². The van der Waals surface area contributed by atoms with E-state index in [2.05, 4.69) is 15.0 Å². The molecule has 3 aromatic heterocycles. The molecule has 3 rings (SSSR count). The molecule has 0 unspecified atom stereocenters. The van der Waals surface area contributed by atoms with Crippen LogP contribution in [0.3, 0.4) is 0 Å². The highest BCUT2D eigenvalue weighted by molar-refractivity contribution is 6.31. The van der Waals surface area contributed by atoms with E-state index in [1.807, 2.05) is 12.1 Å². The zero-order valence-electron chi connectivity index (χ0n) is 10.0. The van der Waals surface area contributed by atoms with Gasteiger partial charge in [-0.15, -0.1) is 0 Å². The lowest BCUT2D eigenvalue weighted by molar-refractivity contribution is 0.690. The lowest BCUT2D eigenvalue weighted by Gasteiger charge is -2.03. The van der Waals surface area contributed by atoms with Crippen molar-refractivity contribution < 1.29 is 0 Å². The van der Waals surface area contributed by atoms with Crippen molar-refractivity contribution in [1.29, 1.82) is 0 Å². The molecule has 0 aliphatic heterocycles. The summed E-state index contributed by atoms with van der Waals surface area (Å²) in [5.74, 6) is 0. The molecule has 5 nitrogen and oxygen atoms in total. The van der Waals surface area contributed by atoms with Crippen molar-refractivity contribution >= 4 is 22.8 Å². The van der Waals surface area contributed by atoms with Gasteiger partial charge in [0.25, 0.3) is 0 Å². The molecule has 0 saturated carbocycles. The van der Waals surface area contributed by atoms with Gasteiger partial charge in [0.1, 0.15) is 0 Å². The quantitative estimate of drug-likeness (QED) is 0.795. The Bertz CT molecular complexity index is 763. The van der Waals surface area contributed by atoms with E-state index in [1.54, 1.807) is 23.0 Å². The van der Waals surface area contributed by atoms with Crippen LogP contribution < -0.4 is 5.69 Å².